The highest BCUT2D eigenvalue weighted by Gasteiger charge is 2.62. The Hall–Kier alpha value is -4.75. The molecule has 6 atom stereocenters. The number of urea groups is 1. The molecule has 3 saturated heterocycles. The molecule has 19 heteroatoms. The SMILES string of the molecule is COc1ccc2c(O[C@@H]3C[C@H]4C(=O)N[C@]5(C(=O)O)CC5CCCCCCC[C@H](NC(=O)N[C@H](CN5CCCCS5(=O)=O)C(C)(C)C)C(=O)N4C3)cc(-c3csc(NC(C)C)n3)nc2c1. The van der Waals surface area contributed by atoms with Crippen LogP contribution in [0.4, 0.5) is 9.93 Å². The third-order valence-corrected chi connectivity index (χ3v) is 15.7. The Kier molecular flexibility index (Phi) is 14.3. The van der Waals surface area contributed by atoms with E-state index in [-0.39, 0.29) is 37.2 Å². The Morgan fingerprint density at radius 1 is 1.03 bits per heavy atom. The number of methoxy groups -OCH3 is 1. The number of hydrogen-bond donors (Lipinski definition) is 5. The third kappa shape index (κ3) is 10.8. The summed E-state index contributed by atoms with van der Waals surface area (Å²) in [5, 5.41) is 25.8. The number of benzene rings is 1. The van der Waals surface area contributed by atoms with Crippen LogP contribution >= 0.6 is 11.3 Å². The molecule has 1 aliphatic carbocycles. The van der Waals surface area contributed by atoms with Gasteiger partial charge in [0.2, 0.25) is 21.8 Å². The molecule has 5 heterocycles. The largest absolute Gasteiger partial charge is 0.497 e. The van der Waals surface area contributed by atoms with Crippen molar-refractivity contribution in [3.63, 3.8) is 0 Å². The zero-order valence-electron chi connectivity index (χ0n) is 37.8. The molecule has 0 radical (unpaired) electrons. The molecule has 3 aliphatic heterocycles. The highest BCUT2D eigenvalue weighted by atomic mass is 32.2. The molecule has 0 spiro atoms. The van der Waals surface area contributed by atoms with Crippen LogP contribution in [0.3, 0.4) is 0 Å². The second-order valence-electron chi connectivity index (χ2n) is 19.2. The number of rotatable bonds is 11. The first-order chi connectivity index (χ1) is 30.4. The summed E-state index contributed by atoms with van der Waals surface area (Å²) in [4.78, 5) is 67.2. The number of anilines is 1. The standard InChI is InChI=1S/C45H64N8O9S2/c1-27(2)46-43-49-35(26-63-43)34-22-37(31-17-16-29(61-6)20-33(31)47-34)62-30-21-36-39(54)51-45(41(56)57)23-28(45)14-10-8-7-9-11-15-32(40(55)53(36)24-30)48-42(58)50-38(44(3,4)5)25-52-18-12-13-19-64(52,59)60/h16-17,20,22,26-28,30,32,36,38H,7-15,18-19,21,23-25H2,1-6H3,(H,46,49)(H,51,54)(H,56,57)(H2,48,50,58)/t28?,30-,32+,36+,38-,45-/m1/s1. The summed E-state index contributed by atoms with van der Waals surface area (Å²) in [6.45, 7) is 10.3. The zero-order chi connectivity index (χ0) is 46.0. The number of nitrogens with zero attached hydrogens (tertiary/aromatic N) is 4. The summed E-state index contributed by atoms with van der Waals surface area (Å²) >= 11 is 1.45. The number of thiazole rings is 1. The molecule has 4 fully saturated rings. The minimum atomic E-state index is -3.47. The molecular formula is C45H64N8O9S2. The van der Waals surface area contributed by atoms with Crippen LogP contribution in [0, 0.1) is 11.3 Å². The van der Waals surface area contributed by atoms with Crippen LogP contribution < -0.4 is 30.7 Å². The number of carboxylic acid groups (broad SMARTS) is 1. The highest BCUT2D eigenvalue weighted by molar-refractivity contribution is 7.89. The van der Waals surface area contributed by atoms with Crippen molar-refractivity contribution in [3.05, 3.63) is 29.6 Å². The first kappa shape index (κ1) is 47.2. The lowest BCUT2D eigenvalue weighted by molar-refractivity contribution is -0.145. The summed E-state index contributed by atoms with van der Waals surface area (Å²) in [5.41, 5.74) is -0.180. The van der Waals surface area contributed by atoms with Gasteiger partial charge in [-0.05, 0) is 69.4 Å². The molecule has 350 valence electrons. The van der Waals surface area contributed by atoms with E-state index in [2.05, 4.69) is 21.3 Å². The molecule has 64 heavy (non-hydrogen) atoms. The van der Waals surface area contributed by atoms with Crippen LogP contribution in [0.1, 0.15) is 105 Å². The van der Waals surface area contributed by atoms with Gasteiger partial charge in [0, 0.05) is 54.5 Å². The number of carbonyl (C=O) groups is 4. The van der Waals surface area contributed by atoms with Gasteiger partial charge in [-0.3, -0.25) is 9.59 Å². The van der Waals surface area contributed by atoms with Gasteiger partial charge in [0.15, 0.2) is 5.13 Å². The van der Waals surface area contributed by atoms with Crippen molar-refractivity contribution < 1.29 is 42.2 Å². The molecular weight excluding hydrogens is 861 g/mol. The maximum absolute atomic E-state index is 14.9. The maximum atomic E-state index is 14.9. The minimum Gasteiger partial charge on any atom is -0.497 e. The van der Waals surface area contributed by atoms with Crippen LogP contribution in [0.5, 0.6) is 11.5 Å². The smallest absolute Gasteiger partial charge is 0.329 e. The Balaban J connectivity index is 1.19. The molecule has 5 N–H and O–H groups in total. The summed E-state index contributed by atoms with van der Waals surface area (Å²) in [5.74, 6) is -1.28. The number of hydrogen-bond acceptors (Lipinski definition) is 12. The molecule has 2 aromatic heterocycles. The van der Waals surface area contributed by atoms with Crippen LogP contribution in [0.15, 0.2) is 29.6 Å². The Bertz CT molecular complexity index is 2320. The van der Waals surface area contributed by atoms with E-state index in [9.17, 15) is 32.7 Å². The van der Waals surface area contributed by atoms with Crippen molar-refractivity contribution in [2.24, 2.45) is 11.3 Å². The number of carboxylic acids is 1. The molecule has 1 unspecified atom stereocenters. The number of aromatic nitrogens is 2. The van der Waals surface area contributed by atoms with E-state index in [1.165, 1.54) is 20.5 Å². The molecule has 0 bridgehead atoms. The normalized spacial score (nSPS) is 26.1. The average molecular weight is 925 g/mol. The van der Waals surface area contributed by atoms with E-state index in [1.54, 1.807) is 25.3 Å². The van der Waals surface area contributed by atoms with Gasteiger partial charge in [-0.1, -0.05) is 52.9 Å². The third-order valence-electron chi connectivity index (χ3n) is 13.0. The van der Waals surface area contributed by atoms with Gasteiger partial charge >= 0.3 is 12.0 Å². The lowest BCUT2D eigenvalue weighted by Gasteiger charge is -2.37. The van der Waals surface area contributed by atoms with Crippen LogP contribution in [-0.2, 0) is 24.4 Å². The van der Waals surface area contributed by atoms with Gasteiger partial charge in [0.05, 0.1) is 30.6 Å². The number of aliphatic carboxylic acids is 1. The van der Waals surface area contributed by atoms with E-state index in [0.29, 0.717) is 72.4 Å². The van der Waals surface area contributed by atoms with Crippen LogP contribution in [-0.4, -0.2) is 125 Å². The highest BCUT2D eigenvalue weighted by Crippen LogP contribution is 2.48. The predicted octanol–water partition coefficient (Wildman–Crippen LogP) is 5.75. The predicted molar refractivity (Wildman–Crippen MR) is 245 cm³/mol. The van der Waals surface area contributed by atoms with Gasteiger partial charge in [-0.2, -0.15) is 4.31 Å². The number of amides is 4. The second-order valence-corrected chi connectivity index (χ2v) is 22.1. The number of pyridine rings is 1. The van der Waals surface area contributed by atoms with Gasteiger partial charge in [0.25, 0.3) is 0 Å². The van der Waals surface area contributed by atoms with E-state index in [4.69, 9.17) is 19.4 Å². The number of carbonyl (C=O) groups excluding carboxylic acids is 3. The summed E-state index contributed by atoms with van der Waals surface area (Å²) in [6.07, 6.45) is 5.93. The fourth-order valence-corrected chi connectivity index (χ4v) is 11.6. The monoisotopic (exact) mass is 924 g/mol. The Labute approximate surface area is 379 Å². The topological polar surface area (TPSA) is 221 Å². The maximum Gasteiger partial charge on any atom is 0.329 e. The average Bonchev–Trinajstić information content (AvgIpc) is 3.49. The van der Waals surface area contributed by atoms with Crippen LogP contribution in [0.25, 0.3) is 22.3 Å². The van der Waals surface area contributed by atoms with E-state index < -0.39 is 69.0 Å². The molecule has 4 aliphatic rings. The summed E-state index contributed by atoms with van der Waals surface area (Å²) in [6, 6.07) is 4.06. The quantitative estimate of drug-likeness (QED) is 0.155. The van der Waals surface area contributed by atoms with Gasteiger partial charge in [0.1, 0.15) is 40.9 Å². The molecule has 17 nitrogen and oxygen atoms in total. The summed E-state index contributed by atoms with van der Waals surface area (Å²) < 4.78 is 39.7. The van der Waals surface area contributed by atoms with Gasteiger partial charge in [-0.25, -0.2) is 28.0 Å². The minimum absolute atomic E-state index is 0.0217. The Morgan fingerprint density at radius 3 is 2.48 bits per heavy atom. The lowest BCUT2D eigenvalue weighted by atomic mass is 9.86. The summed E-state index contributed by atoms with van der Waals surface area (Å²) in [7, 11) is -1.90. The molecule has 3 aromatic rings. The number of ether oxygens (including phenoxy) is 2. The van der Waals surface area contributed by atoms with Crippen molar-refractivity contribution in [2.45, 2.75) is 141 Å². The number of sulfonamides is 1. The zero-order valence-corrected chi connectivity index (χ0v) is 39.4. The first-order valence-corrected chi connectivity index (χ1v) is 25.1. The fraction of sp³-hybridized carbons (Fsp3) is 0.644. The van der Waals surface area contributed by atoms with Crippen molar-refractivity contribution >= 4 is 61.2 Å². The van der Waals surface area contributed by atoms with Crippen LogP contribution in [0.2, 0.25) is 0 Å². The van der Waals surface area contributed by atoms with Crippen molar-refractivity contribution in [3.8, 4) is 22.9 Å². The van der Waals surface area contributed by atoms with Gasteiger partial charge in [-0.15, -0.1) is 11.3 Å². The lowest BCUT2D eigenvalue weighted by Crippen LogP contribution is -2.59. The van der Waals surface area contributed by atoms with E-state index >= 15 is 0 Å². The number of fused-ring (bicyclic) bond motifs is 3. The van der Waals surface area contributed by atoms with E-state index in [0.717, 1.165) is 37.2 Å². The Morgan fingerprint density at radius 2 is 1.78 bits per heavy atom. The van der Waals surface area contributed by atoms with Gasteiger partial charge < -0.3 is 40.7 Å². The molecule has 4 amide bonds. The van der Waals surface area contributed by atoms with E-state index in [1.807, 2.05) is 46.1 Å². The first-order valence-electron chi connectivity index (χ1n) is 22.7. The molecule has 1 saturated carbocycles. The number of nitrogens with one attached hydrogen (secondary N) is 4. The molecule has 7 rings (SSSR count). The fourth-order valence-electron chi connectivity index (χ4n) is 9.11. The van der Waals surface area contributed by atoms with Crippen molar-refractivity contribution in [1.82, 2.24) is 35.1 Å². The second kappa shape index (κ2) is 19.4. The van der Waals surface area contributed by atoms with Crippen molar-refractivity contribution in [1.29, 1.82) is 0 Å². The molecule has 1 aromatic carbocycles. The van der Waals surface area contributed by atoms with Crippen molar-refractivity contribution in [2.75, 3.05) is 37.8 Å².